The normalized spacial score (nSPS) is 17.6. The number of thioether (sulfide) groups is 1. The number of hydrogen-bond acceptors (Lipinski definition) is 2. The number of benzene rings is 1. The van der Waals surface area contributed by atoms with E-state index in [1.807, 2.05) is 11.8 Å². The van der Waals surface area contributed by atoms with Gasteiger partial charge in [-0.15, -0.1) is 0 Å². The highest BCUT2D eigenvalue weighted by atomic mass is 35.5. The molecule has 0 saturated carbocycles. The van der Waals surface area contributed by atoms with E-state index in [0.717, 1.165) is 0 Å². The first-order valence-corrected chi connectivity index (χ1v) is 7.04. The number of halogens is 2. The Morgan fingerprint density at radius 1 is 1.38 bits per heavy atom. The average Bonchev–Trinajstić information content (AvgIpc) is 2.32. The van der Waals surface area contributed by atoms with Gasteiger partial charge in [0, 0.05) is 18.2 Å². The van der Waals surface area contributed by atoms with Crippen LogP contribution in [-0.2, 0) is 6.54 Å². The molecule has 16 heavy (non-hydrogen) atoms. The third-order valence-electron chi connectivity index (χ3n) is 2.83. The van der Waals surface area contributed by atoms with Crippen molar-refractivity contribution in [1.82, 2.24) is 5.32 Å². The molecule has 0 aliphatic carbocycles. The topological polar surface area (TPSA) is 12.0 Å². The van der Waals surface area contributed by atoms with E-state index in [4.69, 9.17) is 11.6 Å². The van der Waals surface area contributed by atoms with Gasteiger partial charge in [-0.2, -0.15) is 11.8 Å². The van der Waals surface area contributed by atoms with E-state index in [1.165, 1.54) is 24.3 Å². The summed E-state index contributed by atoms with van der Waals surface area (Å²) in [6, 6.07) is 5.68. The van der Waals surface area contributed by atoms with Crippen molar-refractivity contribution in [1.29, 1.82) is 0 Å². The van der Waals surface area contributed by atoms with Crippen LogP contribution in [0, 0.1) is 5.82 Å². The van der Waals surface area contributed by atoms with Gasteiger partial charge in [0.05, 0.1) is 5.02 Å². The first kappa shape index (κ1) is 12.2. The van der Waals surface area contributed by atoms with Gasteiger partial charge in [0.25, 0.3) is 0 Å². The fourth-order valence-electron chi connectivity index (χ4n) is 1.84. The Hall–Kier alpha value is -0.250. The second-order valence-corrected chi connectivity index (χ2v) is 5.61. The molecule has 1 saturated heterocycles. The Morgan fingerprint density at radius 2 is 2.12 bits per heavy atom. The predicted octanol–water partition coefficient (Wildman–Crippen LogP) is 3.46. The summed E-state index contributed by atoms with van der Waals surface area (Å²) in [5, 5.41) is 3.60. The number of hydrogen-bond donors (Lipinski definition) is 1. The van der Waals surface area contributed by atoms with Gasteiger partial charge < -0.3 is 5.32 Å². The van der Waals surface area contributed by atoms with Crippen molar-refractivity contribution >= 4 is 23.4 Å². The second kappa shape index (κ2) is 5.89. The second-order valence-electron chi connectivity index (χ2n) is 3.98. The predicted molar refractivity (Wildman–Crippen MR) is 68.6 cm³/mol. The average molecular weight is 260 g/mol. The first-order chi connectivity index (χ1) is 7.77. The molecule has 1 aromatic rings. The fraction of sp³-hybridized carbons (Fsp3) is 0.500. The van der Waals surface area contributed by atoms with Crippen LogP contribution >= 0.6 is 23.4 Å². The highest BCUT2D eigenvalue weighted by Gasteiger charge is 2.14. The van der Waals surface area contributed by atoms with Crippen molar-refractivity contribution in [2.75, 3.05) is 11.5 Å². The fourth-order valence-corrected chi connectivity index (χ4v) is 3.14. The van der Waals surface area contributed by atoms with Gasteiger partial charge in [0.2, 0.25) is 0 Å². The van der Waals surface area contributed by atoms with Crippen molar-refractivity contribution in [2.45, 2.75) is 25.4 Å². The van der Waals surface area contributed by atoms with E-state index >= 15 is 0 Å². The van der Waals surface area contributed by atoms with E-state index in [1.54, 1.807) is 18.2 Å². The lowest BCUT2D eigenvalue weighted by Gasteiger charge is -2.22. The standard InChI is InChI=1S/C12H15ClFNS/c13-11-3-1-2-9(12(11)14)8-15-10-4-6-16-7-5-10/h1-3,10,15H,4-8H2. The molecule has 1 aliphatic heterocycles. The van der Waals surface area contributed by atoms with Crippen LogP contribution in [0.15, 0.2) is 18.2 Å². The van der Waals surface area contributed by atoms with E-state index in [9.17, 15) is 4.39 Å². The molecule has 1 aliphatic rings. The van der Waals surface area contributed by atoms with E-state index in [0.29, 0.717) is 18.2 Å². The Kier molecular flexibility index (Phi) is 4.50. The summed E-state index contributed by atoms with van der Waals surface area (Å²) in [5.41, 5.74) is 0.658. The molecule has 88 valence electrons. The van der Waals surface area contributed by atoms with Gasteiger partial charge in [-0.05, 0) is 30.4 Å². The van der Waals surface area contributed by atoms with E-state index < -0.39 is 0 Å². The van der Waals surface area contributed by atoms with Crippen molar-refractivity contribution in [3.8, 4) is 0 Å². The van der Waals surface area contributed by atoms with Gasteiger partial charge in [0.15, 0.2) is 0 Å². The van der Waals surface area contributed by atoms with Crippen LogP contribution in [0.3, 0.4) is 0 Å². The minimum Gasteiger partial charge on any atom is -0.310 e. The van der Waals surface area contributed by atoms with Crippen molar-refractivity contribution in [2.24, 2.45) is 0 Å². The van der Waals surface area contributed by atoms with Crippen LogP contribution in [0.2, 0.25) is 5.02 Å². The van der Waals surface area contributed by atoms with Crippen LogP contribution in [-0.4, -0.2) is 17.5 Å². The smallest absolute Gasteiger partial charge is 0.146 e. The molecule has 0 spiro atoms. The quantitative estimate of drug-likeness (QED) is 0.892. The maximum absolute atomic E-state index is 13.6. The zero-order valence-electron chi connectivity index (χ0n) is 9.01. The highest BCUT2D eigenvalue weighted by Crippen LogP contribution is 2.20. The lowest BCUT2D eigenvalue weighted by Crippen LogP contribution is -2.32. The van der Waals surface area contributed by atoms with E-state index in [2.05, 4.69) is 5.32 Å². The molecule has 1 aromatic carbocycles. The largest absolute Gasteiger partial charge is 0.310 e. The SMILES string of the molecule is Fc1c(Cl)cccc1CNC1CCSCC1. The molecule has 1 heterocycles. The van der Waals surface area contributed by atoms with Crippen molar-refractivity contribution in [3.63, 3.8) is 0 Å². The molecule has 0 aromatic heterocycles. The Bertz CT molecular complexity index is 353. The molecule has 0 radical (unpaired) electrons. The molecule has 0 amide bonds. The minimum absolute atomic E-state index is 0.207. The van der Waals surface area contributed by atoms with Crippen molar-refractivity contribution in [3.05, 3.63) is 34.6 Å². The molecular formula is C12H15ClFNS. The van der Waals surface area contributed by atoms with Crippen LogP contribution in [0.1, 0.15) is 18.4 Å². The molecule has 1 fully saturated rings. The summed E-state index contributed by atoms with van der Waals surface area (Å²) in [5.74, 6) is 2.12. The molecule has 1 N–H and O–H groups in total. The lowest BCUT2D eigenvalue weighted by molar-refractivity contribution is 0.473. The summed E-state index contributed by atoms with van der Waals surface area (Å²) >= 11 is 7.72. The van der Waals surface area contributed by atoms with Gasteiger partial charge in [-0.3, -0.25) is 0 Å². The zero-order chi connectivity index (χ0) is 11.4. The van der Waals surface area contributed by atoms with Crippen LogP contribution < -0.4 is 5.32 Å². The molecule has 0 unspecified atom stereocenters. The third kappa shape index (κ3) is 3.12. The number of rotatable bonds is 3. The van der Waals surface area contributed by atoms with E-state index in [-0.39, 0.29) is 10.8 Å². The molecule has 2 rings (SSSR count). The Labute approximate surface area is 105 Å². The van der Waals surface area contributed by atoms with Crippen LogP contribution in [0.25, 0.3) is 0 Å². The van der Waals surface area contributed by atoms with Crippen LogP contribution in [0.4, 0.5) is 4.39 Å². The van der Waals surface area contributed by atoms with Gasteiger partial charge >= 0.3 is 0 Å². The monoisotopic (exact) mass is 259 g/mol. The Balaban J connectivity index is 1.91. The molecular weight excluding hydrogens is 245 g/mol. The maximum Gasteiger partial charge on any atom is 0.146 e. The van der Waals surface area contributed by atoms with Crippen molar-refractivity contribution < 1.29 is 4.39 Å². The summed E-state index contributed by atoms with van der Waals surface area (Å²) < 4.78 is 13.6. The maximum atomic E-state index is 13.6. The lowest BCUT2D eigenvalue weighted by atomic mass is 10.1. The van der Waals surface area contributed by atoms with Gasteiger partial charge in [0.1, 0.15) is 5.82 Å². The summed E-state index contributed by atoms with van der Waals surface area (Å²) in [7, 11) is 0. The summed E-state index contributed by atoms with van der Waals surface area (Å²) in [4.78, 5) is 0. The zero-order valence-corrected chi connectivity index (χ0v) is 10.6. The summed E-state index contributed by atoms with van der Waals surface area (Å²) in [6.07, 6.45) is 2.35. The third-order valence-corrected chi connectivity index (χ3v) is 4.17. The molecule has 1 nitrogen and oxygen atoms in total. The molecule has 0 atom stereocenters. The van der Waals surface area contributed by atoms with Gasteiger partial charge in [-0.1, -0.05) is 23.7 Å². The van der Waals surface area contributed by atoms with Crippen LogP contribution in [0.5, 0.6) is 0 Å². The first-order valence-electron chi connectivity index (χ1n) is 5.51. The van der Waals surface area contributed by atoms with Gasteiger partial charge in [-0.25, -0.2) is 4.39 Å². The minimum atomic E-state index is -0.290. The summed E-state index contributed by atoms with van der Waals surface area (Å²) in [6.45, 7) is 0.571. The molecule has 0 bridgehead atoms. The Morgan fingerprint density at radius 3 is 2.88 bits per heavy atom. The highest BCUT2D eigenvalue weighted by molar-refractivity contribution is 7.99. The number of nitrogens with one attached hydrogen (secondary N) is 1. The molecule has 4 heteroatoms.